The number of nitrogens with zero attached hydrogens (tertiary/aromatic N) is 1. The Morgan fingerprint density at radius 3 is 2.65 bits per heavy atom. The zero-order valence-corrected chi connectivity index (χ0v) is 11.0. The average molecular weight is 292 g/mol. The van der Waals surface area contributed by atoms with Gasteiger partial charge in [-0.25, -0.2) is 0 Å². The van der Waals surface area contributed by atoms with Crippen molar-refractivity contribution in [2.75, 3.05) is 18.5 Å². The van der Waals surface area contributed by atoms with Crippen LogP contribution in [0.25, 0.3) is 0 Å². The molecule has 8 heteroatoms. The van der Waals surface area contributed by atoms with Gasteiger partial charge in [-0.3, -0.25) is 10.1 Å². The predicted molar refractivity (Wildman–Crippen MR) is 67.8 cm³/mol. The van der Waals surface area contributed by atoms with Crippen LogP contribution in [0.3, 0.4) is 0 Å². The van der Waals surface area contributed by atoms with Crippen molar-refractivity contribution in [3.8, 4) is 0 Å². The van der Waals surface area contributed by atoms with Crippen molar-refractivity contribution in [3.63, 3.8) is 0 Å². The first kappa shape index (κ1) is 16.2. The third-order valence-electron chi connectivity index (χ3n) is 2.38. The second-order valence-corrected chi connectivity index (χ2v) is 4.45. The molecule has 0 aliphatic rings. The van der Waals surface area contributed by atoms with Crippen LogP contribution in [0, 0.1) is 17.0 Å². The number of aryl methyl sites for hydroxylation is 1. The quantitative estimate of drug-likeness (QED) is 0.645. The van der Waals surface area contributed by atoms with Crippen molar-refractivity contribution in [2.24, 2.45) is 0 Å². The maximum Gasteiger partial charge on any atom is 0.411 e. The number of nitrogens with one attached hydrogen (secondary N) is 1. The first-order valence-electron chi connectivity index (χ1n) is 5.85. The number of hydrogen-bond donors (Lipinski definition) is 1. The lowest BCUT2D eigenvalue weighted by Gasteiger charge is -2.16. The first-order chi connectivity index (χ1) is 9.19. The van der Waals surface area contributed by atoms with Crippen LogP contribution in [-0.2, 0) is 4.74 Å². The second-order valence-electron chi connectivity index (χ2n) is 4.45. The van der Waals surface area contributed by atoms with E-state index < -0.39 is 23.7 Å². The molecular weight excluding hydrogens is 277 g/mol. The lowest BCUT2D eigenvalue weighted by atomic mass is 10.2. The van der Waals surface area contributed by atoms with Gasteiger partial charge in [0.05, 0.1) is 11.5 Å². The summed E-state index contributed by atoms with van der Waals surface area (Å²) in [6, 6.07) is 4.02. The van der Waals surface area contributed by atoms with E-state index in [1.165, 1.54) is 6.07 Å². The molecule has 20 heavy (non-hydrogen) atoms. The summed E-state index contributed by atoms with van der Waals surface area (Å²) >= 11 is 0. The highest BCUT2D eigenvalue weighted by molar-refractivity contribution is 5.63. The molecular formula is C12H15F3N2O3. The van der Waals surface area contributed by atoms with Crippen LogP contribution in [0.2, 0.25) is 0 Å². The number of nitro benzene ring substituents is 1. The third kappa shape index (κ3) is 5.43. The Balaban J connectivity index is 2.63. The van der Waals surface area contributed by atoms with Crippen molar-refractivity contribution in [1.82, 2.24) is 0 Å². The fraction of sp³-hybridized carbons (Fsp3) is 0.500. The molecule has 0 amide bonds. The van der Waals surface area contributed by atoms with Gasteiger partial charge in [-0.2, -0.15) is 13.2 Å². The van der Waals surface area contributed by atoms with E-state index in [1.807, 2.05) is 0 Å². The summed E-state index contributed by atoms with van der Waals surface area (Å²) in [6.07, 6.45) is -4.38. The van der Waals surface area contributed by atoms with Crippen molar-refractivity contribution < 1.29 is 22.8 Å². The van der Waals surface area contributed by atoms with E-state index in [-0.39, 0.29) is 18.0 Å². The van der Waals surface area contributed by atoms with Crippen LogP contribution < -0.4 is 5.32 Å². The Morgan fingerprint density at radius 2 is 2.10 bits per heavy atom. The van der Waals surface area contributed by atoms with Crippen LogP contribution in [0.5, 0.6) is 0 Å². The first-order valence-corrected chi connectivity index (χ1v) is 5.85. The fourth-order valence-electron chi connectivity index (χ4n) is 1.58. The third-order valence-corrected chi connectivity index (χ3v) is 2.38. The standard InChI is InChI=1S/C12H15F3N2O3/c1-8-3-4-11(17(18)19)10(5-8)16-9(2)6-20-7-12(13,14)15/h3-5,9,16H,6-7H2,1-2H3/t9-/m0/s1. The van der Waals surface area contributed by atoms with Gasteiger partial charge in [-0.1, -0.05) is 6.07 Å². The molecule has 5 nitrogen and oxygen atoms in total. The number of alkyl halides is 3. The summed E-state index contributed by atoms with van der Waals surface area (Å²) in [6.45, 7) is 1.81. The zero-order chi connectivity index (χ0) is 15.3. The minimum absolute atomic E-state index is 0.127. The molecule has 0 heterocycles. The predicted octanol–water partition coefficient (Wildman–Crippen LogP) is 3.28. The van der Waals surface area contributed by atoms with Gasteiger partial charge in [0.25, 0.3) is 5.69 Å². The number of rotatable bonds is 6. The summed E-state index contributed by atoms with van der Waals surface area (Å²) < 4.78 is 40.3. The molecule has 0 saturated heterocycles. The number of halogens is 3. The molecule has 1 N–H and O–H groups in total. The molecule has 0 bridgehead atoms. The highest BCUT2D eigenvalue weighted by Crippen LogP contribution is 2.26. The maximum atomic E-state index is 11.9. The van der Waals surface area contributed by atoms with Crippen LogP contribution in [0.1, 0.15) is 12.5 Å². The highest BCUT2D eigenvalue weighted by Gasteiger charge is 2.27. The molecule has 0 saturated carbocycles. The summed E-state index contributed by atoms with van der Waals surface area (Å²) in [4.78, 5) is 10.3. The minimum Gasteiger partial charge on any atom is -0.375 e. The fourth-order valence-corrected chi connectivity index (χ4v) is 1.58. The van der Waals surface area contributed by atoms with Gasteiger partial charge in [-0.05, 0) is 25.5 Å². The summed E-state index contributed by atoms with van der Waals surface area (Å²) in [5.74, 6) is 0. The summed E-state index contributed by atoms with van der Waals surface area (Å²) in [5.41, 5.74) is 0.942. The van der Waals surface area contributed by atoms with Crippen LogP contribution in [0.15, 0.2) is 18.2 Å². The molecule has 0 aromatic heterocycles. The second kappa shape index (κ2) is 6.56. The van der Waals surface area contributed by atoms with Crippen molar-refractivity contribution >= 4 is 11.4 Å². The van der Waals surface area contributed by atoms with Crippen molar-refractivity contribution in [2.45, 2.75) is 26.1 Å². The topological polar surface area (TPSA) is 64.4 Å². The minimum atomic E-state index is -4.38. The molecule has 0 radical (unpaired) electrons. The van der Waals surface area contributed by atoms with Gasteiger partial charge in [-0.15, -0.1) is 0 Å². The summed E-state index contributed by atoms with van der Waals surface area (Å²) in [5, 5.41) is 13.6. The normalized spacial score (nSPS) is 13.1. The monoisotopic (exact) mass is 292 g/mol. The van der Waals surface area contributed by atoms with E-state index in [2.05, 4.69) is 10.1 Å². The van der Waals surface area contributed by atoms with Crippen LogP contribution >= 0.6 is 0 Å². The molecule has 1 aromatic carbocycles. The van der Waals surface area contributed by atoms with Crippen LogP contribution in [-0.4, -0.2) is 30.4 Å². The number of benzene rings is 1. The number of ether oxygens (including phenoxy) is 1. The smallest absolute Gasteiger partial charge is 0.375 e. The van der Waals surface area contributed by atoms with E-state index >= 15 is 0 Å². The molecule has 0 aliphatic heterocycles. The Morgan fingerprint density at radius 1 is 1.45 bits per heavy atom. The summed E-state index contributed by atoms with van der Waals surface area (Å²) in [7, 11) is 0. The van der Waals surface area contributed by atoms with Gasteiger partial charge in [0.15, 0.2) is 0 Å². The number of anilines is 1. The molecule has 1 atom stereocenters. The molecule has 112 valence electrons. The van der Waals surface area contributed by atoms with Crippen molar-refractivity contribution in [3.05, 3.63) is 33.9 Å². The Labute approximate surface area is 113 Å². The molecule has 0 spiro atoms. The van der Waals surface area contributed by atoms with Gasteiger partial charge in [0.2, 0.25) is 0 Å². The Bertz CT molecular complexity index is 478. The van der Waals surface area contributed by atoms with E-state index in [9.17, 15) is 23.3 Å². The highest BCUT2D eigenvalue weighted by atomic mass is 19.4. The Hall–Kier alpha value is -1.83. The number of hydrogen-bond acceptors (Lipinski definition) is 4. The van der Waals surface area contributed by atoms with Gasteiger partial charge in [0, 0.05) is 12.1 Å². The van der Waals surface area contributed by atoms with Crippen molar-refractivity contribution in [1.29, 1.82) is 0 Å². The van der Waals surface area contributed by atoms with Gasteiger partial charge >= 0.3 is 6.18 Å². The SMILES string of the molecule is Cc1ccc([N+](=O)[O-])c(N[C@@H](C)COCC(F)(F)F)c1. The van der Waals surface area contributed by atoms with E-state index in [0.29, 0.717) is 0 Å². The maximum absolute atomic E-state index is 11.9. The Kier molecular flexibility index (Phi) is 5.32. The van der Waals surface area contributed by atoms with E-state index in [0.717, 1.165) is 5.56 Å². The molecule has 0 unspecified atom stereocenters. The average Bonchev–Trinajstić information content (AvgIpc) is 2.26. The lowest BCUT2D eigenvalue weighted by molar-refractivity contribution is -0.384. The largest absolute Gasteiger partial charge is 0.411 e. The van der Waals surface area contributed by atoms with E-state index in [1.54, 1.807) is 26.0 Å². The van der Waals surface area contributed by atoms with Gasteiger partial charge in [0.1, 0.15) is 12.3 Å². The van der Waals surface area contributed by atoms with E-state index in [4.69, 9.17) is 0 Å². The molecule has 0 aliphatic carbocycles. The molecule has 1 rings (SSSR count). The van der Waals surface area contributed by atoms with Crippen LogP contribution in [0.4, 0.5) is 24.5 Å². The lowest BCUT2D eigenvalue weighted by Crippen LogP contribution is -2.26. The number of nitro groups is 1. The van der Waals surface area contributed by atoms with Gasteiger partial charge < -0.3 is 10.1 Å². The molecule has 1 aromatic rings. The zero-order valence-electron chi connectivity index (χ0n) is 11.0. The molecule has 0 fully saturated rings.